The second kappa shape index (κ2) is 13.7. The number of benzene rings is 1. The van der Waals surface area contributed by atoms with Crippen molar-refractivity contribution >= 4 is 11.6 Å². The fraction of sp³-hybridized carbons (Fsp3) is 0.593. The van der Waals surface area contributed by atoms with Crippen LogP contribution >= 0.6 is 11.6 Å². The van der Waals surface area contributed by atoms with Crippen LogP contribution < -0.4 is 4.74 Å². The molecule has 0 saturated carbocycles. The molecule has 0 bridgehead atoms. The normalized spacial score (nSPS) is 13.4. The lowest BCUT2D eigenvalue weighted by molar-refractivity contribution is 0.281. The van der Waals surface area contributed by atoms with Crippen molar-refractivity contribution in [2.75, 3.05) is 6.61 Å². The standard InChI is InChI=1S/C27H40ClNO/c1-5-6-7-8-14-23-17-18-26(29-19-23)24-15-9-10-16-27(24)30-20-25(28)22(4)13-11-12-21(2)3/h9-10,15-19,21-22,25H,5-8,11-14,20H2,1-4H3. The van der Waals surface area contributed by atoms with Crippen molar-refractivity contribution in [1.82, 2.24) is 4.98 Å². The first kappa shape index (κ1) is 24.7. The van der Waals surface area contributed by atoms with Gasteiger partial charge in [0.05, 0.1) is 11.1 Å². The first-order valence-electron chi connectivity index (χ1n) is 11.8. The summed E-state index contributed by atoms with van der Waals surface area (Å²) in [5.41, 5.74) is 3.30. The van der Waals surface area contributed by atoms with Gasteiger partial charge >= 0.3 is 0 Å². The van der Waals surface area contributed by atoms with Crippen molar-refractivity contribution in [3.8, 4) is 17.0 Å². The molecular weight excluding hydrogens is 390 g/mol. The summed E-state index contributed by atoms with van der Waals surface area (Å²) in [6.45, 7) is 9.55. The van der Waals surface area contributed by atoms with Crippen LogP contribution in [0, 0.1) is 11.8 Å². The van der Waals surface area contributed by atoms with Crippen LogP contribution in [0.5, 0.6) is 5.75 Å². The van der Waals surface area contributed by atoms with E-state index < -0.39 is 0 Å². The van der Waals surface area contributed by atoms with Gasteiger partial charge in [0.1, 0.15) is 12.4 Å². The molecule has 0 spiro atoms. The van der Waals surface area contributed by atoms with Gasteiger partial charge in [0.15, 0.2) is 0 Å². The van der Waals surface area contributed by atoms with E-state index in [4.69, 9.17) is 21.3 Å². The molecule has 30 heavy (non-hydrogen) atoms. The Balaban J connectivity index is 1.92. The zero-order valence-electron chi connectivity index (χ0n) is 19.4. The number of pyridine rings is 1. The number of ether oxygens (including phenoxy) is 1. The number of para-hydroxylation sites is 1. The van der Waals surface area contributed by atoms with Crippen LogP contribution in [0.15, 0.2) is 42.6 Å². The lowest BCUT2D eigenvalue weighted by Crippen LogP contribution is -2.20. The topological polar surface area (TPSA) is 22.1 Å². The molecule has 2 nitrogen and oxygen atoms in total. The molecule has 2 unspecified atom stereocenters. The van der Waals surface area contributed by atoms with Gasteiger partial charge in [-0.1, -0.05) is 78.0 Å². The Morgan fingerprint density at radius 2 is 1.73 bits per heavy atom. The van der Waals surface area contributed by atoms with E-state index in [1.165, 1.54) is 44.1 Å². The summed E-state index contributed by atoms with van der Waals surface area (Å²) in [5, 5.41) is 0.0173. The molecule has 1 aromatic heterocycles. The van der Waals surface area contributed by atoms with Crippen LogP contribution in [0.1, 0.15) is 78.2 Å². The predicted molar refractivity (Wildman–Crippen MR) is 131 cm³/mol. The van der Waals surface area contributed by atoms with Crippen molar-refractivity contribution in [2.24, 2.45) is 11.8 Å². The molecule has 0 fully saturated rings. The molecule has 0 saturated heterocycles. The van der Waals surface area contributed by atoms with Crippen molar-refractivity contribution in [1.29, 1.82) is 0 Å². The van der Waals surface area contributed by atoms with Gasteiger partial charge in [0.2, 0.25) is 0 Å². The molecule has 3 heteroatoms. The van der Waals surface area contributed by atoms with Gasteiger partial charge in [0, 0.05) is 11.8 Å². The minimum Gasteiger partial charge on any atom is -0.491 e. The Kier molecular flexibility index (Phi) is 11.3. The summed E-state index contributed by atoms with van der Waals surface area (Å²) in [4.78, 5) is 4.71. The third kappa shape index (κ3) is 8.68. The maximum atomic E-state index is 6.65. The predicted octanol–water partition coefficient (Wildman–Crippen LogP) is 8.32. The van der Waals surface area contributed by atoms with E-state index in [1.807, 2.05) is 24.4 Å². The first-order valence-corrected chi connectivity index (χ1v) is 12.3. The van der Waals surface area contributed by atoms with Gasteiger partial charge in [-0.3, -0.25) is 4.98 Å². The quantitative estimate of drug-likeness (QED) is 0.222. The summed E-state index contributed by atoms with van der Waals surface area (Å²) in [6.07, 6.45) is 11.9. The number of alkyl halides is 1. The van der Waals surface area contributed by atoms with Crippen LogP contribution in [0.3, 0.4) is 0 Å². The van der Waals surface area contributed by atoms with Gasteiger partial charge in [-0.05, 0) is 54.9 Å². The molecule has 0 aliphatic rings. The molecular formula is C27H40ClNO. The first-order chi connectivity index (χ1) is 14.5. The summed E-state index contributed by atoms with van der Waals surface area (Å²) >= 11 is 6.65. The minimum atomic E-state index is 0.0173. The molecule has 0 aliphatic heterocycles. The Morgan fingerprint density at radius 1 is 0.933 bits per heavy atom. The van der Waals surface area contributed by atoms with E-state index in [9.17, 15) is 0 Å². The van der Waals surface area contributed by atoms with E-state index >= 15 is 0 Å². The average Bonchev–Trinajstić information content (AvgIpc) is 2.75. The van der Waals surface area contributed by atoms with E-state index in [1.54, 1.807) is 0 Å². The fourth-order valence-corrected chi connectivity index (χ4v) is 3.84. The molecule has 1 heterocycles. The second-order valence-electron chi connectivity index (χ2n) is 8.99. The summed E-state index contributed by atoms with van der Waals surface area (Å²) in [6, 6.07) is 12.5. The number of nitrogens with zero attached hydrogens (tertiary/aromatic N) is 1. The number of halogens is 1. The Labute approximate surface area is 189 Å². The monoisotopic (exact) mass is 429 g/mol. The molecule has 0 amide bonds. The molecule has 166 valence electrons. The minimum absolute atomic E-state index is 0.0173. The highest BCUT2D eigenvalue weighted by Gasteiger charge is 2.16. The van der Waals surface area contributed by atoms with Crippen molar-refractivity contribution in [2.45, 2.75) is 84.4 Å². The van der Waals surface area contributed by atoms with E-state index in [0.717, 1.165) is 35.8 Å². The van der Waals surface area contributed by atoms with E-state index in [2.05, 4.69) is 45.9 Å². The summed E-state index contributed by atoms with van der Waals surface area (Å²) in [5.74, 6) is 2.06. The zero-order chi connectivity index (χ0) is 21.8. The molecule has 1 aromatic carbocycles. The van der Waals surface area contributed by atoms with Gasteiger partial charge in [-0.2, -0.15) is 0 Å². The maximum absolute atomic E-state index is 6.65. The van der Waals surface area contributed by atoms with E-state index in [0.29, 0.717) is 12.5 Å². The Morgan fingerprint density at radius 3 is 2.43 bits per heavy atom. The highest BCUT2D eigenvalue weighted by Crippen LogP contribution is 2.30. The number of hydrogen-bond donors (Lipinski definition) is 0. The molecule has 2 atom stereocenters. The van der Waals surface area contributed by atoms with Crippen LogP contribution in [-0.4, -0.2) is 17.0 Å². The highest BCUT2D eigenvalue weighted by atomic mass is 35.5. The fourth-order valence-electron chi connectivity index (χ4n) is 3.65. The molecule has 2 aromatic rings. The smallest absolute Gasteiger partial charge is 0.128 e. The van der Waals surface area contributed by atoms with Gasteiger partial charge in [0.25, 0.3) is 0 Å². The molecule has 2 rings (SSSR count). The van der Waals surface area contributed by atoms with Gasteiger partial charge < -0.3 is 4.74 Å². The second-order valence-corrected chi connectivity index (χ2v) is 9.55. The number of unbranched alkanes of at least 4 members (excludes halogenated alkanes) is 3. The summed E-state index contributed by atoms with van der Waals surface area (Å²) < 4.78 is 6.15. The van der Waals surface area contributed by atoms with E-state index in [-0.39, 0.29) is 5.38 Å². The third-order valence-electron chi connectivity index (χ3n) is 5.76. The number of hydrogen-bond acceptors (Lipinski definition) is 2. The summed E-state index contributed by atoms with van der Waals surface area (Å²) in [7, 11) is 0. The van der Waals surface area contributed by atoms with Crippen LogP contribution in [0.4, 0.5) is 0 Å². The lowest BCUT2D eigenvalue weighted by atomic mass is 9.97. The molecule has 0 N–H and O–H groups in total. The lowest BCUT2D eigenvalue weighted by Gasteiger charge is -2.20. The SMILES string of the molecule is CCCCCCc1ccc(-c2ccccc2OCC(Cl)C(C)CCCC(C)C)nc1. The third-order valence-corrected chi connectivity index (χ3v) is 6.32. The van der Waals surface area contributed by atoms with Crippen LogP contribution in [-0.2, 0) is 6.42 Å². The van der Waals surface area contributed by atoms with Crippen LogP contribution in [0.25, 0.3) is 11.3 Å². The largest absolute Gasteiger partial charge is 0.491 e. The Bertz CT molecular complexity index is 713. The van der Waals surface area contributed by atoms with Crippen LogP contribution in [0.2, 0.25) is 0 Å². The van der Waals surface area contributed by atoms with Gasteiger partial charge in [-0.25, -0.2) is 0 Å². The zero-order valence-corrected chi connectivity index (χ0v) is 20.1. The van der Waals surface area contributed by atoms with Crippen molar-refractivity contribution < 1.29 is 4.74 Å². The number of aromatic nitrogens is 1. The molecule has 0 aliphatic carbocycles. The van der Waals surface area contributed by atoms with Gasteiger partial charge in [-0.15, -0.1) is 11.6 Å². The van der Waals surface area contributed by atoms with Crippen molar-refractivity contribution in [3.05, 3.63) is 48.2 Å². The highest BCUT2D eigenvalue weighted by molar-refractivity contribution is 6.20. The maximum Gasteiger partial charge on any atom is 0.128 e. The number of aryl methyl sites for hydroxylation is 1. The molecule has 0 radical (unpaired) electrons. The Hall–Kier alpha value is -1.54. The number of rotatable bonds is 14. The van der Waals surface area contributed by atoms with Crippen molar-refractivity contribution in [3.63, 3.8) is 0 Å². The average molecular weight is 430 g/mol.